The first-order valence-corrected chi connectivity index (χ1v) is 9.27. The van der Waals surface area contributed by atoms with Crippen molar-refractivity contribution in [2.24, 2.45) is 0 Å². The molecule has 10 nitrogen and oxygen atoms in total. The van der Waals surface area contributed by atoms with Crippen LogP contribution in [0.15, 0.2) is 42.7 Å². The van der Waals surface area contributed by atoms with Crippen molar-refractivity contribution in [2.75, 3.05) is 17.7 Å². The maximum Gasteiger partial charge on any atom is 0.354 e. The number of hydrogen-bond donors (Lipinski definition) is 2. The topological polar surface area (TPSA) is 128 Å². The molecule has 0 saturated heterocycles. The molecular formula is C18H15N7O3S. The molecule has 3 heterocycles. The van der Waals surface area contributed by atoms with E-state index in [1.165, 1.54) is 17.7 Å². The van der Waals surface area contributed by atoms with E-state index >= 15 is 0 Å². The summed E-state index contributed by atoms with van der Waals surface area (Å²) < 4.78 is 6.10. The van der Waals surface area contributed by atoms with Crippen LogP contribution in [0.5, 0.6) is 5.75 Å². The molecular weight excluding hydrogens is 394 g/mol. The number of aromatic nitrogens is 4. The number of nitrogens with zero attached hydrogens (tertiary/aromatic N) is 5. The van der Waals surface area contributed by atoms with E-state index < -0.39 is 4.92 Å². The number of ether oxygens (including phenoxy) is 1. The van der Waals surface area contributed by atoms with Gasteiger partial charge in [-0.05, 0) is 37.3 Å². The molecule has 0 saturated carbocycles. The third-order valence-electron chi connectivity index (χ3n) is 3.96. The van der Waals surface area contributed by atoms with E-state index in [0.29, 0.717) is 16.7 Å². The maximum absolute atomic E-state index is 11.7. The molecule has 0 aliphatic carbocycles. The Balaban J connectivity index is 1.69. The third kappa shape index (κ3) is 3.89. The second kappa shape index (κ2) is 7.64. The molecule has 0 spiro atoms. The van der Waals surface area contributed by atoms with E-state index in [9.17, 15) is 10.1 Å². The Morgan fingerprint density at radius 2 is 1.90 bits per heavy atom. The lowest BCUT2D eigenvalue weighted by atomic mass is 10.3. The summed E-state index contributed by atoms with van der Waals surface area (Å²) in [5, 5.41) is 18.0. The van der Waals surface area contributed by atoms with Crippen LogP contribution in [0.2, 0.25) is 0 Å². The molecule has 0 aliphatic heterocycles. The van der Waals surface area contributed by atoms with Crippen molar-refractivity contribution in [2.45, 2.75) is 6.92 Å². The lowest BCUT2D eigenvalue weighted by Gasteiger charge is -2.08. The number of thiazole rings is 1. The van der Waals surface area contributed by atoms with Crippen molar-refractivity contribution in [1.82, 2.24) is 19.9 Å². The summed E-state index contributed by atoms with van der Waals surface area (Å²) in [6.45, 7) is 1.83. The highest BCUT2D eigenvalue weighted by molar-refractivity contribution is 7.22. The molecule has 0 unspecified atom stereocenters. The van der Waals surface area contributed by atoms with Crippen LogP contribution in [0.1, 0.15) is 5.69 Å². The fraction of sp³-hybridized carbons (Fsp3) is 0.111. The van der Waals surface area contributed by atoms with E-state index in [1.807, 2.05) is 25.1 Å². The minimum atomic E-state index is -0.545. The third-order valence-corrected chi connectivity index (χ3v) is 4.89. The quantitative estimate of drug-likeness (QED) is 0.356. The largest absolute Gasteiger partial charge is 0.497 e. The number of pyridine rings is 1. The van der Waals surface area contributed by atoms with Gasteiger partial charge in [-0.2, -0.15) is 0 Å². The first-order chi connectivity index (χ1) is 14.0. The normalized spacial score (nSPS) is 10.7. The van der Waals surface area contributed by atoms with Crippen molar-refractivity contribution in [1.29, 1.82) is 0 Å². The number of benzene rings is 1. The Bertz CT molecular complexity index is 1210. The standard InChI is InChI=1S/C18H15N7O3S/c1-10-4-3-5-14(21-10)23-16-15(25(26)27)17(20-9-19-16)24-18-22-12-7-6-11(28-2)8-13(12)29-18/h3-9H,1-2H3,(H2,19,20,21,22,23,24). The number of anilines is 4. The molecule has 0 radical (unpaired) electrons. The van der Waals surface area contributed by atoms with Crippen LogP contribution in [-0.4, -0.2) is 32.0 Å². The van der Waals surface area contributed by atoms with Crippen LogP contribution in [0.25, 0.3) is 10.2 Å². The Morgan fingerprint density at radius 3 is 2.62 bits per heavy atom. The molecule has 0 bridgehead atoms. The van der Waals surface area contributed by atoms with E-state index in [-0.39, 0.29) is 17.3 Å². The van der Waals surface area contributed by atoms with Crippen LogP contribution in [-0.2, 0) is 0 Å². The van der Waals surface area contributed by atoms with Crippen LogP contribution in [0, 0.1) is 17.0 Å². The smallest absolute Gasteiger partial charge is 0.354 e. The molecule has 1 aromatic carbocycles. The first kappa shape index (κ1) is 18.5. The van der Waals surface area contributed by atoms with Crippen LogP contribution in [0.4, 0.5) is 28.3 Å². The van der Waals surface area contributed by atoms with Gasteiger partial charge in [0.2, 0.25) is 11.6 Å². The lowest BCUT2D eigenvalue weighted by Crippen LogP contribution is -2.06. The van der Waals surface area contributed by atoms with Crippen LogP contribution >= 0.6 is 11.3 Å². The number of rotatable bonds is 6. The molecule has 4 aromatic rings. The summed E-state index contributed by atoms with van der Waals surface area (Å²) >= 11 is 1.34. The number of nitrogens with one attached hydrogen (secondary N) is 2. The molecule has 0 fully saturated rings. The summed E-state index contributed by atoms with van der Waals surface area (Å²) in [4.78, 5) is 28.0. The van der Waals surface area contributed by atoms with Crippen LogP contribution in [0.3, 0.4) is 0 Å². The van der Waals surface area contributed by atoms with Crippen molar-refractivity contribution >= 4 is 49.8 Å². The Labute approximate surface area is 168 Å². The highest BCUT2D eigenvalue weighted by Gasteiger charge is 2.24. The fourth-order valence-electron chi connectivity index (χ4n) is 2.66. The second-order valence-electron chi connectivity index (χ2n) is 5.94. The van der Waals surface area contributed by atoms with Crippen molar-refractivity contribution < 1.29 is 9.66 Å². The molecule has 4 rings (SSSR count). The monoisotopic (exact) mass is 409 g/mol. The second-order valence-corrected chi connectivity index (χ2v) is 6.97. The van der Waals surface area contributed by atoms with Crippen molar-refractivity contribution in [3.63, 3.8) is 0 Å². The molecule has 146 valence electrons. The van der Waals surface area contributed by atoms with Gasteiger partial charge in [-0.3, -0.25) is 10.1 Å². The number of hydrogen-bond acceptors (Lipinski definition) is 10. The van der Waals surface area contributed by atoms with Gasteiger partial charge in [0, 0.05) is 5.69 Å². The number of aryl methyl sites for hydroxylation is 1. The number of fused-ring (bicyclic) bond motifs is 1. The first-order valence-electron chi connectivity index (χ1n) is 8.45. The van der Waals surface area contributed by atoms with Gasteiger partial charge >= 0.3 is 5.69 Å². The van der Waals surface area contributed by atoms with Crippen molar-refractivity contribution in [3.05, 3.63) is 58.5 Å². The fourth-order valence-corrected chi connectivity index (χ4v) is 3.55. The minimum Gasteiger partial charge on any atom is -0.497 e. The van der Waals surface area contributed by atoms with Gasteiger partial charge in [0.25, 0.3) is 0 Å². The zero-order valence-electron chi connectivity index (χ0n) is 15.4. The number of methoxy groups -OCH3 is 1. The van der Waals surface area contributed by atoms with Gasteiger partial charge in [0.15, 0.2) is 5.13 Å². The Morgan fingerprint density at radius 1 is 1.10 bits per heavy atom. The predicted octanol–water partition coefficient (Wildman–Crippen LogP) is 4.19. The lowest BCUT2D eigenvalue weighted by molar-refractivity contribution is -0.383. The summed E-state index contributed by atoms with van der Waals surface area (Å²) in [6.07, 6.45) is 1.24. The molecule has 3 aromatic heterocycles. The molecule has 0 aliphatic rings. The minimum absolute atomic E-state index is 0.0335. The van der Waals surface area contributed by atoms with Crippen molar-refractivity contribution in [3.8, 4) is 5.75 Å². The zero-order chi connectivity index (χ0) is 20.4. The molecule has 11 heteroatoms. The van der Waals surface area contributed by atoms with Gasteiger partial charge in [0.1, 0.15) is 17.9 Å². The predicted molar refractivity (Wildman–Crippen MR) is 110 cm³/mol. The van der Waals surface area contributed by atoms with Gasteiger partial charge in [-0.1, -0.05) is 17.4 Å². The summed E-state index contributed by atoms with van der Waals surface area (Å²) in [7, 11) is 1.59. The molecule has 29 heavy (non-hydrogen) atoms. The number of nitro groups is 1. The summed E-state index contributed by atoms with van der Waals surface area (Å²) in [6, 6.07) is 10.8. The summed E-state index contributed by atoms with van der Waals surface area (Å²) in [5.74, 6) is 1.22. The average Bonchev–Trinajstić information content (AvgIpc) is 3.09. The van der Waals surface area contributed by atoms with E-state index in [2.05, 4.69) is 30.6 Å². The summed E-state index contributed by atoms with van der Waals surface area (Å²) in [5.41, 5.74) is 1.22. The van der Waals surface area contributed by atoms with Gasteiger partial charge in [-0.15, -0.1) is 0 Å². The highest BCUT2D eigenvalue weighted by Crippen LogP contribution is 2.35. The van der Waals surface area contributed by atoms with E-state index in [0.717, 1.165) is 15.9 Å². The molecule has 2 N–H and O–H groups in total. The maximum atomic E-state index is 11.7. The zero-order valence-corrected chi connectivity index (χ0v) is 16.2. The van der Waals surface area contributed by atoms with E-state index in [4.69, 9.17) is 4.74 Å². The SMILES string of the molecule is COc1ccc2nc(Nc3ncnc(Nc4cccc(C)n4)c3[N+](=O)[O-])sc2c1. The highest BCUT2D eigenvalue weighted by atomic mass is 32.1. The average molecular weight is 409 g/mol. The Hall–Kier alpha value is -3.86. The molecule has 0 atom stereocenters. The van der Waals surface area contributed by atoms with Gasteiger partial charge in [-0.25, -0.2) is 19.9 Å². The van der Waals surface area contributed by atoms with Gasteiger partial charge in [0.05, 0.1) is 22.2 Å². The van der Waals surface area contributed by atoms with Crippen LogP contribution < -0.4 is 15.4 Å². The van der Waals surface area contributed by atoms with Gasteiger partial charge < -0.3 is 15.4 Å². The van der Waals surface area contributed by atoms with E-state index in [1.54, 1.807) is 25.3 Å². The Kier molecular flexibility index (Phi) is 4.87. The molecule has 0 amide bonds.